The SMILES string of the molecule is CC(=O)/C=C(/C)O.CC(C)(C)c1c[c-]c(-c2nc3ccccc3c3sccc23)cc1.[Ir]. The number of benzene rings is 2. The predicted octanol–water partition coefficient (Wildman–Crippen LogP) is 7.25. The topological polar surface area (TPSA) is 50.2 Å². The van der Waals surface area contributed by atoms with E-state index >= 15 is 0 Å². The molecule has 1 radical (unpaired) electrons. The molecular weight excluding hydrogens is 583 g/mol. The number of hydrogen-bond donors (Lipinski definition) is 1. The first-order chi connectivity index (χ1) is 14.2. The number of carbonyl (C=O) groups excluding carboxylic acids is 1. The molecule has 0 unspecified atom stereocenters. The number of hydrogen-bond acceptors (Lipinski definition) is 4. The third-order valence-electron chi connectivity index (χ3n) is 4.65. The average Bonchev–Trinajstić information content (AvgIpc) is 3.16. The molecule has 0 saturated heterocycles. The minimum absolute atomic E-state index is 0. The van der Waals surface area contributed by atoms with E-state index < -0.39 is 0 Å². The predicted molar refractivity (Wildman–Crippen MR) is 127 cm³/mol. The zero-order valence-corrected chi connectivity index (χ0v) is 21.5. The van der Waals surface area contributed by atoms with E-state index in [1.54, 1.807) is 11.3 Å². The van der Waals surface area contributed by atoms with E-state index in [1.807, 2.05) is 6.07 Å². The third kappa shape index (κ3) is 6.10. The van der Waals surface area contributed by atoms with Gasteiger partial charge in [-0.1, -0.05) is 45.0 Å². The molecule has 163 valence electrons. The van der Waals surface area contributed by atoms with E-state index in [0.717, 1.165) is 16.8 Å². The Hall–Kier alpha value is -2.33. The summed E-state index contributed by atoms with van der Waals surface area (Å²) < 4.78 is 1.30. The molecule has 0 atom stereocenters. The Balaban J connectivity index is 0.000000373. The quantitative estimate of drug-likeness (QED) is 0.148. The third-order valence-corrected chi connectivity index (χ3v) is 5.59. The van der Waals surface area contributed by atoms with E-state index in [1.165, 1.54) is 41.0 Å². The van der Waals surface area contributed by atoms with Crippen LogP contribution in [-0.4, -0.2) is 15.9 Å². The molecule has 0 fully saturated rings. The summed E-state index contributed by atoms with van der Waals surface area (Å²) in [5.41, 5.74) is 4.57. The number of aliphatic hydroxyl groups is 1. The van der Waals surface area contributed by atoms with Gasteiger partial charge in [-0.15, -0.1) is 46.7 Å². The van der Waals surface area contributed by atoms with Crippen molar-refractivity contribution in [3.8, 4) is 11.3 Å². The van der Waals surface area contributed by atoms with Gasteiger partial charge in [-0.05, 0) is 41.8 Å². The van der Waals surface area contributed by atoms with Crippen molar-refractivity contribution >= 4 is 38.1 Å². The summed E-state index contributed by atoms with van der Waals surface area (Å²) in [6.45, 7) is 9.52. The molecule has 3 nitrogen and oxygen atoms in total. The Morgan fingerprint density at radius 3 is 2.32 bits per heavy atom. The van der Waals surface area contributed by atoms with Gasteiger partial charge in [-0.2, -0.15) is 0 Å². The van der Waals surface area contributed by atoms with Gasteiger partial charge in [0.1, 0.15) is 0 Å². The second-order valence-electron chi connectivity index (χ2n) is 8.28. The summed E-state index contributed by atoms with van der Waals surface area (Å²) in [5.74, 6) is -0.0625. The maximum Gasteiger partial charge on any atom is 0.155 e. The van der Waals surface area contributed by atoms with Crippen LogP contribution in [0.15, 0.2) is 65.7 Å². The molecule has 2 heterocycles. The van der Waals surface area contributed by atoms with Crippen LogP contribution >= 0.6 is 11.3 Å². The number of para-hydroxylation sites is 1. The Morgan fingerprint density at radius 1 is 1.06 bits per heavy atom. The van der Waals surface area contributed by atoms with Crippen LogP contribution in [0.25, 0.3) is 32.2 Å². The van der Waals surface area contributed by atoms with Crippen molar-refractivity contribution in [2.45, 2.75) is 40.0 Å². The molecule has 4 aromatic rings. The molecule has 0 aliphatic rings. The van der Waals surface area contributed by atoms with Gasteiger partial charge in [0.05, 0.1) is 11.3 Å². The van der Waals surface area contributed by atoms with Crippen molar-refractivity contribution in [1.82, 2.24) is 4.98 Å². The van der Waals surface area contributed by atoms with Crippen molar-refractivity contribution < 1.29 is 30.0 Å². The maximum absolute atomic E-state index is 10.0. The van der Waals surface area contributed by atoms with Crippen LogP contribution in [0.1, 0.15) is 40.2 Å². The Labute approximate surface area is 201 Å². The van der Waals surface area contributed by atoms with E-state index in [4.69, 9.17) is 10.1 Å². The van der Waals surface area contributed by atoms with Crippen molar-refractivity contribution in [3.05, 3.63) is 77.4 Å². The summed E-state index contributed by atoms with van der Waals surface area (Å²) in [4.78, 5) is 14.9. The summed E-state index contributed by atoms with van der Waals surface area (Å²) in [5, 5.41) is 13.0. The molecule has 4 rings (SSSR count). The summed E-state index contributed by atoms with van der Waals surface area (Å²) in [6.07, 6.45) is 1.17. The molecule has 0 aliphatic carbocycles. The van der Waals surface area contributed by atoms with Gasteiger partial charge in [0.15, 0.2) is 5.78 Å². The van der Waals surface area contributed by atoms with Gasteiger partial charge in [0, 0.05) is 36.3 Å². The molecule has 0 saturated carbocycles. The largest absolute Gasteiger partial charge is 0.512 e. The molecule has 31 heavy (non-hydrogen) atoms. The van der Waals surface area contributed by atoms with Crippen molar-refractivity contribution in [1.29, 1.82) is 0 Å². The maximum atomic E-state index is 10.0. The number of pyridine rings is 1. The molecule has 2 aromatic carbocycles. The van der Waals surface area contributed by atoms with Gasteiger partial charge in [0.25, 0.3) is 0 Å². The van der Waals surface area contributed by atoms with Crippen molar-refractivity contribution in [3.63, 3.8) is 0 Å². The number of aliphatic hydroxyl groups excluding tert-OH is 1. The first-order valence-electron chi connectivity index (χ1n) is 9.83. The second kappa shape index (κ2) is 10.3. The van der Waals surface area contributed by atoms with Crippen molar-refractivity contribution in [2.75, 3.05) is 0 Å². The zero-order chi connectivity index (χ0) is 21.9. The fraction of sp³-hybridized carbons (Fsp3) is 0.231. The van der Waals surface area contributed by atoms with Gasteiger partial charge in [-0.3, -0.25) is 9.78 Å². The molecule has 5 heteroatoms. The Kier molecular flexibility index (Phi) is 8.30. The summed E-state index contributed by atoms with van der Waals surface area (Å²) in [7, 11) is 0. The number of aromatic nitrogens is 1. The van der Waals surface area contributed by atoms with Crippen LogP contribution in [0.5, 0.6) is 0 Å². The van der Waals surface area contributed by atoms with Gasteiger partial charge >= 0.3 is 0 Å². The monoisotopic (exact) mass is 609 g/mol. The van der Waals surface area contributed by atoms with E-state index in [2.05, 4.69) is 74.7 Å². The summed E-state index contributed by atoms with van der Waals surface area (Å²) >= 11 is 1.78. The smallest absolute Gasteiger partial charge is 0.155 e. The molecule has 0 amide bonds. The standard InChI is InChI=1S/C21H18NS.C5H8O2.Ir/c1-21(2,3)15-10-8-14(9-11-15)19-17-12-13-23-20(17)16-6-4-5-7-18(16)22-19;1-4(6)3-5(2)7;/h4-8,10-13H,1-3H3;3,6H,1-2H3;/q-1;;/b;4-3-;. The molecular formula is C26H26IrNO2S-. The van der Waals surface area contributed by atoms with E-state index in [-0.39, 0.29) is 37.1 Å². The average molecular weight is 609 g/mol. The zero-order valence-electron chi connectivity index (χ0n) is 18.3. The summed E-state index contributed by atoms with van der Waals surface area (Å²) in [6, 6.07) is 20.4. The van der Waals surface area contributed by atoms with Gasteiger partial charge in [0.2, 0.25) is 0 Å². The number of ketones is 1. The number of fused-ring (bicyclic) bond motifs is 3. The number of nitrogens with zero attached hydrogens (tertiary/aromatic N) is 1. The van der Waals surface area contributed by atoms with E-state index in [9.17, 15) is 4.79 Å². The molecule has 2 aromatic heterocycles. The first kappa shape index (κ1) is 24.9. The molecule has 0 spiro atoms. The van der Waals surface area contributed by atoms with Crippen LogP contribution in [-0.2, 0) is 30.3 Å². The Morgan fingerprint density at radius 2 is 1.77 bits per heavy atom. The number of rotatable bonds is 2. The number of carbonyl (C=O) groups is 1. The van der Waals surface area contributed by atoms with Crippen LogP contribution in [0, 0.1) is 6.07 Å². The minimum Gasteiger partial charge on any atom is -0.512 e. The fourth-order valence-corrected chi connectivity index (χ4v) is 4.12. The Bertz CT molecular complexity index is 1210. The van der Waals surface area contributed by atoms with Crippen LogP contribution < -0.4 is 0 Å². The molecule has 0 aliphatic heterocycles. The minimum atomic E-state index is -0.125. The van der Waals surface area contributed by atoms with Gasteiger partial charge in [-0.25, -0.2) is 0 Å². The van der Waals surface area contributed by atoms with E-state index in [0.29, 0.717) is 0 Å². The second-order valence-corrected chi connectivity index (χ2v) is 9.19. The van der Waals surface area contributed by atoms with Crippen LogP contribution in [0.4, 0.5) is 0 Å². The first-order valence-corrected chi connectivity index (χ1v) is 10.7. The van der Waals surface area contributed by atoms with Crippen molar-refractivity contribution in [2.24, 2.45) is 0 Å². The van der Waals surface area contributed by atoms with Crippen LogP contribution in [0.2, 0.25) is 0 Å². The molecule has 0 bridgehead atoms. The number of allylic oxidation sites excluding steroid dienone is 2. The van der Waals surface area contributed by atoms with Gasteiger partial charge < -0.3 is 5.11 Å². The fourth-order valence-electron chi connectivity index (χ4n) is 3.19. The number of thiophene rings is 1. The molecule has 1 N–H and O–H groups in total. The normalized spacial score (nSPS) is 11.6. The van der Waals surface area contributed by atoms with Crippen LogP contribution in [0.3, 0.4) is 0 Å².